The zero-order valence-corrected chi connectivity index (χ0v) is 9.81. The number of nitro benzene ring substituents is 1. The summed E-state index contributed by atoms with van der Waals surface area (Å²) < 4.78 is 5.46. The number of ether oxygens (including phenoxy) is 1. The predicted octanol–water partition coefficient (Wildman–Crippen LogP) is 2.03. The van der Waals surface area contributed by atoms with Crippen LogP contribution in [-0.4, -0.2) is 17.1 Å². The molecule has 1 saturated carbocycles. The SMILES string of the molecule is CCc1ccc(OCC2(N)CC2)c([N+](=O)[O-])c1. The summed E-state index contributed by atoms with van der Waals surface area (Å²) >= 11 is 0. The Morgan fingerprint density at radius 1 is 1.53 bits per heavy atom. The quantitative estimate of drug-likeness (QED) is 0.626. The molecule has 0 aromatic heterocycles. The van der Waals surface area contributed by atoms with E-state index in [-0.39, 0.29) is 11.2 Å². The van der Waals surface area contributed by atoms with Crippen molar-refractivity contribution in [3.05, 3.63) is 33.9 Å². The van der Waals surface area contributed by atoms with Crippen molar-refractivity contribution >= 4 is 5.69 Å². The Labute approximate surface area is 99.7 Å². The highest BCUT2D eigenvalue weighted by molar-refractivity contribution is 5.48. The van der Waals surface area contributed by atoms with Crippen LogP contribution in [0.1, 0.15) is 25.3 Å². The lowest BCUT2D eigenvalue weighted by Gasteiger charge is -2.11. The van der Waals surface area contributed by atoms with E-state index < -0.39 is 4.92 Å². The van der Waals surface area contributed by atoms with E-state index in [4.69, 9.17) is 10.5 Å². The minimum atomic E-state index is -0.412. The van der Waals surface area contributed by atoms with Gasteiger partial charge in [0.15, 0.2) is 5.75 Å². The van der Waals surface area contributed by atoms with Gasteiger partial charge in [0.05, 0.1) is 10.5 Å². The first-order valence-corrected chi connectivity index (χ1v) is 5.73. The molecule has 2 N–H and O–H groups in total. The van der Waals surface area contributed by atoms with Crippen LogP contribution in [0.2, 0.25) is 0 Å². The minimum Gasteiger partial charge on any atom is -0.485 e. The molecule has 1 aromatic rings. The molecule has 1 fully saturated rings. The normalized spacial score (nSPS) is 16.6. The van der Waals surface area contributed by atoms with E-state index in [0.29, 0.717) is 12.4 Å². The van der Waals surface area contributed by atoms with Crippen LogP contribution in [0.5, 0.6) is 5.75 Å². The van der Waals surface area contributed by atoms with Gasteiger partial charge < -0.3 is 10.5 Å². The lowest BCUT2D eigenvalue weighted by Crippen LogP contribution is -2.29. The van der Waals surface area contributed by atoms with Crippen LogP contribution < -0.4 is 10.5 Å². The topological polar surface area (TPSA) is 78.4 Å². The second-order valence-electron chi connectivity index (χ2n) is 4.56. The third-order valence-electron chi connectivity index (χ3n) is 3.04. The molecule has 0 heterocycles. The van der Waals surface area contributed by atoms with E-state index in [9.17, 15) is 10.1 Å². The second-order valence-corrected chi connectivity index (χ2v) is 4.56. The third kappa shape index (κ3) is 2.74. The number of benzene rings is 1. The van der Waals surface area contributed by atoms with Crippen molar-refractivity contribution < 1.29 is 9.66 Å². The summed E-state index contributed by atoms with van der Waals surface area (Å²) in [5.41, 5.74) is 6.57. The van der Waals surface area contributed by atoms with Gasteiger partial charge in [-0.15, -0.1) is 0 Å². The monoisotopic (exact) mass is 236 g/mol. The lowest BCUT2D eigenvalue weighted by molar-refractivity contribution is -0.385. The van der Waals surface area contributed by atoms with Gasteiger partial charge in [0.25, 0.3) is 0 Å². The number of nitro groups is 1. The van der Waals surface area contributed by atoms with Gasteiger partial charge in [-0.25, -0.2) is 0 Å². The second kappa shape index (κ2) is 4.33. The molecule has 0 amide bonds. The highest BCUT2D eigenvalue weighted by Crippen LogP contribution is 2.35. The van der Waals surface area contributed by atoms with E-state index in [2.05, 4.69) is 0 Å². The number of nitrogens with two attached hydrogens (primary N) is 1. The number of nitrogens with zero attached hydrogens (tertiary/aromatic N) is 1. The maximum absolute atomic E-state index is 10.9. The fraction of sp³-hybridized carbons (Fsp3) is 0.500. The van der Waals surface area contributed by atoms with Crippen molar-refractivity contribution in [1.82, 2.24) is 0 Å². The first-order valence-electron chi connectivity index (χ1n) is 5.73. The Bertz CT molecular complexity index is 441. The molecule has 5 heteroatoms. The molecule has 0 atom stereocenters. The largest absolute Gasteiger partial charge is 0.485 e. The molecule has 0 spiro atoms. The van der Waals surface area contributed by atoms with E-state index in [1.807, 2.05) is 13.0 Å². The molecule has 1 aliphatic carbocycles. The van der Waals surface area contributed by atoms with Gasteiger partial charge in [-0.3, -0.25) is 10.1 Å². The van der Waals surface area contributed by atoms with Gasteiger partial charge in [0, 0.05) is 6.07 Å². The Morgan fingerprint density at radius 2 is 2.24 bits per heavy atom. The summed E-state index contributed by atoms with van der Waals surface area (Å²) in [7, 11) is 0. The molecule has 0 bridgehead atoms. The van der Waals surface area contributed by atoms with E-state index in [1.54, 1.807) is 12.1 Å². The Morgan fingerprint density at radius 3 is 2.76 bits per heavy atom. The Kier molecular flexibility index (Phi) is 3.02. The zero-order chi connectivity index (χ0) is 12.5. The average molecular weight is 236 g/mol. The van der Waals surface area contributed by atoms with Gasteiger partial charge in [0.2, 0.25) is 0 Å². The molecule has 5 nitrogen and oxygen atoms in total. The van der Waals surface area contributed by atoms with Crippen LogP contribution in [0.15, 0.2) is 18.2 Å². The van der Waals surface area contributed by atoms with Gasteiger partial charge in [-0.05, 0) is 30.9 Å². The first-order chi connectivity index (χ1) is 8.04. The fourth-order valence-electron chi connectivity index (χ4n) is 1.57. The zero-order valence-electron chi connectivity index (χ0n) is 9.81. The summed E-state index contributed by atoms with van der Waals surface area (Å²) in [6.45, 7) is 2.30. The summed E-state index contributed by atoms with van der Waals surface area (Å²) in [4.78, 5) is 10.5. The molecule has 1 aromatic carbocycles. The molecule has 92 valence electrons. The van der Waals surface area contributed by atoms with E-state index >= 15 is 0 Å². The number of hydrogen-bond donors (Lipinski definition) is 1. The standard InChI is InChI=1S/C12H16N2O3/c1-2-9-3-4-11(10(7-9)14(15)16)17-8-12(13)5-6-12/h3-4,7H,2,5-6,8,13H2,1H3. The summed E-state index contributed by atoms with van der Waals surface area (Å²) in [6, 6.07) is 5.06. The van der Waals surface area contributed by atoms with Gasteiger partial charge >= 0.3 is 5.69 Å². The maximum Gasteiger partial charge on any atom is 0.311 e. The van der Waals surface area contributed by atoms with Crippen LogP contribution >= 0.6 is 0 Å². The number of aryl methyl sites for hydroxylation is 1. The van der Waals surface area contributed by atoms with E-state index in [1.165, 1.54) is 0 Å². The van der Waals surface area contributed by atoms with Crippen LogP contribution in [0.25, 0.3) is 0 Å². The van der Waals surface area contributed by atoms with Crippen LogP contribution in [-0.2, 0) is 6.42 Å². The van der Waals surface area contributed by atoms with Crippen LogP contribution in [0.3, 0.4) is 0 Å². The summed E-state index contributed by atoms with van der Waals surface area (Å²) in [5.74, 6) is 0.309. The molecule has 0 saturated heterocycles. The van der Waals surface area contributed by atoms with Crippen molar-refractivity contribution in [2.75, 3.05) is 6.61 Å². The molecule has 1 aliphatic rings. The van der Waals surface area contributed by atoms with Crippen molar-refractivity contribution in [1.29, 1.82) is 0 Å². The smallest absolute Gasteiger partial charge is 0.311 e. The highest BCUT2D eigenvalue weighted by atomic mass is 16.6. The molecular formula is C12H16N2O3. The lowest BCUT2D eigenvalue weighted by atomic mass is 10.1. The van der Waals surface area contributed by atoms with Crippen LogP contribution in [0.4, 0.5) is 5.69 Å². The molecule has 0 radical (unpaired) electrons. The fourth-order valence-corrected chi connectivity index (χ4v) is 1.57. The van der Waals surface area contributed by atoms with Gasteiger partial charge in [-0.1, -0.05) is 13.0 Å². The molecule has 0 unspecified atom stereocenters. The minimum absolute atomic E-state index is 0.0219. The van der Waals surface area contributed by atoms with Gasteiger partial charge in [0.1, 0.15) is 6.61 Å². The summed E-state index contributed by atoms with van der Waals surface area (Å²) in [5, 5.41) is 10.9. The van der Waals surface area contributed by atoms with Crippen molar-refractivity contribution in [2.24, 2.45) is 5.73 Å². The van der Waals surface area contributed by atoms with Crippen LogP contribution in [0, 0.1) is 10.1 Å². The first kappa shape index (κ1) is 11.9. The highest BCUT2D eigenvalue weighted by Gasteiger charge is 2.39. The summed E-state index contributed by atoms with van der Waals surface area (Å²) in [6.07, 6.45) is 2.61. The maximum atomic E-state index is 10.9. The number of rotatable bonds is 5. The van der Waals surface area contributed by atoms with Crippen molar-refractivity contribution in [3.8, 4) is 5.75 Å². The molecule has 2 rings (SSSR count). The van der Waals surface area contributed by atoms with E-state index in [0.717, 1.165) is 24.8 Å². The van der Waals surface area contributed by atoms with Crippen molar-refractivity contribution in [3.63, 3.8) is 0 Å². The molecule has 0 aliphatic heterocycles. The third-order valence-corrected chi connectivity index (χ3v) is 3.04. The molecular weight excluding hydrogens is 220 g/mol. The molecule has 17 heavy (non-hydrogen) atoms. The van der Waals surface area contributed by atoms with Crippen molar-refractivity contribution in [2.45, 2.75) is 31.7 Å². The predicted molar refractivity (Wildman–Crippen MR) is 64.1 cm³/mol. The van der Waals surface area contributed by atoms with Gasteiger partial charge in [-0.2, -0.15) is 0 Å². The number of hydrogen-bond acceptors (Lipinski definition) is 4. The Balaban J connectivity index is 2.16. The average Bonchev–Trinajstić information content (AvgIpc) is 3.05. The Hall–Kier alpha value is -1.62.